The van der Waals surface area contributed by atoms with Gasteiger partial charge < -0.3 is 5.73 Å². The van der Waals surface area contributed by atoms with E-state index in [0.717, 1.165) is 32.4 Å². The lowest BCUT2D eigenvalue weighted by Crippen LogP contribution is -2.54. The summed E-state index contributed by atoms with van der Waals surface area (Å²) in [5.74, 6) is 0.283. The number of rotatable bonds is 4. The number of carbonyl (C=O) groups excluding carboxylic acids is 1. The highest BCUT2D eigenvalue weighted by Gasteiger charge is 2.39. The van der Waals surface area contributed by atoms with Gasteiger partial charge in [-0.15, -0.1) is 0 Å². The smallest absolute Gasteiger partial charge is 0.186 e. The van der Waals surface area contributed by atoms with Crippen molar-refractivity contribution in [2.45, 2.75) is 45.1 Å². The summed E-state index contributed by atoms with van der Waals surface area (Å²) in [5.41, 5.74) is 5.77. The van der Waals surface area contributed by atoms with Crippen LogP contribution >= 0.6 is 11.6 Å². The molecule has 110 valence electrons. The van der Waals surface area contributed by atoms with Crippen molar-refractivity contribution in [1.29, 1.82) is 0 Å². The molecule has 4 nitrogen and oxygen atoms in total. The SMILES string of the molecule is CCC(C)(C(=O)c1cc(Cl)cnc1N)N1CCCCC1. The Morgan fingerprint density at radius 2 is 2.10 bits per heavy atom. The number of anilines is 1. The normalized spacial score (nSPS) is 19.6. The van der Waals surface area contributed by atoms with Crippen molar-refractivity contribution < 1.29 is 4.79 Å². The second-order valence-electron chi connectivity index (χ2n) is 5.59. The molecule has 2 heterocycles. The summed E-state index contributed by atoms with van der Waals surface area (Å²) in [5, 5.41) is 0.444. The molecule has 0 spiro atoms. The van der Waals surface area contributed by atoms with E-state index in [1.54, 1.807) is 6.07 Å². The molecular formula is C15H22ClN3O. The molecule has 1 aromatic heterocycles. The monoisotopic (exact) mass is 295 g/mol. The lowest BCUT2D eigenvalue weighted by Gasteiger charge is -2.42. The second kappa shape index (κ2) is 6.10. The molecule has 0 amide bonds. The molecule has 1 aromatic rings. The van der Waals surface area contributed by atoms with Crippen molar-refractivity contribution in [2.75, 3.05) is 18.8 Å². The third-order valence-corrected chi connectivity index (χ3v) is 4.57. The van der Waals surface area contributed by atoms with Crippen LogP contribution in [0.25, 0.3) is 0 Å². The second-order valence-corrected chi connectivity index (χ2v) is 6.03. The van der Waals surface area contributed by atoms with Gasteiger partial charge in [0, 0.05) is 6.20 Å². The molecule has 1 unspecified atom stereocenters. The number of halogens is 1. The van der Waals surface area contributed by atoms with Crippen LogP contribution < -0.4 is 5.73 Å². The minimum atomic E-state index is -0.527. The zero-order chi connectivity index (χ0) is 14.8. The van der Waals surface area contributed by atoms with Crippen LogP contribution in [0.4, 0.5) is 5.82 Å². The lowest BCUT2D eigenvalue weighted by atomic mass is 9.85. The van der Waals surface area contributed by atoms with Crippen LogP contribution in [-0.2, 0) is 0 Å². The molecule has 1 atom stereocenters. The first-order valence-electron chi connectivity index (χ1n) is 7.20. The molecular weight excluding hydrogens is 274 g/mol. The van der Waals surface area contributed by atoms with Gasteiger partial charge in [-0.3, -0.25) is 9.69 Å². The van der Waals surface area contributed by atoms with Gasteiger partial charge in [0.1, 0.15) is 5.82 Å². The first kappa shape index (κ1) is 15.3. The van der Waals surface area contributed by atoms with Crippen molar-refractivity contribution in [3.63, 3.8) is 0 Å². The molecule has 0 aliphatic carbocycles. The molecule has 5 heteroatoms. The third kappa shape index (κ3) is 2.81. The first-order valence-corrected chi connectivity index (χ1v) is 7.57. The fourth-order valence-corrected chi connectivity index (χ4v) is 2.99. The molecule has 0 radical (unpaired) electrons. The minimum Gasteiger partial charge on any atom is -0.383 e. The van der Waals surface area contributed by atoms with Crippen LogP contribution in [0.3, 0.4) is 0 Å². The molecule has 1 fully saturated rings. The van der Waals surface area contributed by atoms with E-state index in [0.29, 0.717) is 10.6 Å². The molecule has 2 rings (SSSR count). The topological polar surface area (TPSA) is 59.2 Å². The average Bonchev–Trinajstić information content (AvgIpc) is 2.49. The Hall–Kier alpha value is -1.13. The summed E-state index contributed by atoms with van der Waals surface area (Å²) >= 11 is 5.96. The fourth-order valence-electron chi connectivity index (χ4n) is 2.84. The highest BCUT2D eigenvalue weighted by molar-refractivity contribution is 6.31. The molecule has 1 aliphatic heterocycles. The average molecular weight is 296 g/mol. The number of likely N-dealkylation sites (tertiary alicyclic amines) is 1. The lowest BCUT2D eigenvalue weighted by molar-refractivity contribution is 0.0506. The molecule has 2 N–H and O–H groups in total. The van der Waals surface area contributed by atoms with E-state index in [1.807, 2.05) is 13.8 Å². The summed E-state index contributed by atoms with van der Waals surface area (Å²) < 4.78 is 0. The van der Waals surface area contributed by atoms with Crippen LogP contribution in [-0.4, -0.2) is 34.3 Å². The number of pyridine rings is 1. The van der Waals surface area contributed by atoms with Crippen LogP contribution in [0.2, 0.25) is 5.02 Å². The molecule has 0 aromatic carbocycles. The number of carbonyl (C=O) groups is 1. The molecule has 0 saturated carbocycles. The summed E-state index contributed by atoms with van der Waals surface area (Å²) in [6, 6.07) is 1.63. The highest BCUT2D eigenvalue weighted by Crippen LogP contribution is 2.30. The fraction of sp³-hybridized carbons (Fsp3) is 0.600. The number of ketones is 1. The van der Waals surface area contributed by atoms with Gasteiger partial charge in [-0.05, 0) is 45.3 Å². The van der Waals surface area contributed by atoms with Crippen LogP contribution in [0.5, 0.6) is 0 Å². The van der Waals surface area contributed by atoms with Crippen molar-refractivity contribution >= 4 is 23.2 Å². The highest BCUT2D eigenvalue weighted by atomic mass is 35.5. The predicted molar refractivity (Wildman–Crippen MR) is 82.1 cm³/mol. The Labute approximate surface area is 125 Å². The molecule has 1 saturated heterocycles. The van der Waals surface area contributed by atoms with Gasteiger partial charge in [0.25, 0.3) is 0 Å². The standard InChI is InChI=1S/C15H22ClN3O/c1-3-15(2,19-7-5-4-6-8-19)13(20)12-9-11(16)10-18-14(12)17/h9-10H,3-8H2,1-2H3,(H2,17,18). The van der Waals surface area contributed by atoms with E-state index >= 15 is 0 Å². The Morgan fingerprint density at radius 1 is 1.45 bits per heavy atom. The van der Waals surface area contributed by atoms with Gasteiger partial charge in [0.05, 0.1) is 16.1 Å². The van der Waals surface area contributed by atoms with Gasteiger partial charge in [0.15, 0.2) is 5.78 Å². The molecule has 1 aliphatic rings. The maximum atomic E-state index is 12.9. The van der Waals surface area contributed by atoms with E-state index < -0.39 is 5.54 Å². The number of piperidine rings is 1. The van der Waals surface area contributed by atoms with Crippen molar-refractivity contribution in [1.82, 2.24) is 9.88 Å². The number of aromatic nitrogens is 1. The number of nitrogens with two attached hydrogens (primary N) is 1. The summed E-state index contributed by atoms with van der Waals surface area (Å²) in [6.45, 7) is 5.97. The Bertz CT molecular complexity index is 500. The number of hydrogen-bond acceptors (Lipinski definition) is 4. The maximum Gasteiger partial charge on any atom is 0.186 e. The zero-order valence-electron chi connectivity index (χ0n) is 12.2. The number of nitrogen functional groups attached to an aromatic ring is 1. The van der Waals surface area contributed by atoms with Crippen LogP contribution in [0.1, 0.15) is 49.9 Å². The molecule has 20 heavy (non-hydrogen) atoms. The zero-order valence-corrected chi connectivity index (χ0v) is 12.9. The largest absolute Gasteiger partial charge is 0.383 e. The Kier molecular flexibility index (Phi) is 4.66. The van der Waals surface area contributed by atoms with E-state index in [2.05, 4.69) is 9.88 Å². The first-order chi connectivity index (χ1) is 9.49. The van der Waals surface area contributed by atoms with E-state index in [9.17, 15) is 4.79 Å². The number of Topliss-reactive ketones (excluding diaryl/α,β-unsaturated/α-hetero) is 1. The minimum absolute atomic E-state index is 0.0226. The Balaban J connectivity index is 2.34. The van der Waals surface area contributed by atoms with E-state index in [-0.39, 0.29) is 11.6 Å². The van der Waals surface area contributed by atoms with Gasteiger partial charge in [0.2, 0.25) is 0 Å². The summed E-state index contributed by atoms with van der Waals surface area (Å²) in [7, 11) is 0. The van der Waals surface area contributed by atoms with Crippen LogP contribution in [0.15, 0.2) is 12.3 Å². The number of nitrogens with zero attached hydrogens (tertiary/aromatic N) is 2. The van der Waals surface area contributed by atoms with Gasteiger partial charge in [-0.25, -0.2) is 4.98 Å². The van der Waals surface area contributed by atoms with E-state index in [4.69, 9.17) is 17.3 Å². The van der Waals surface area contributed by atoms with Crippen molar-refractivity contribution in [2.24, 2.45) is 0 Å². The third-order valence-electron chi connectivity index (χ3n) is 4.36. The maximum absolute atomic E-state index is 12.9. The Morgan fingerprint density at radius 3 is 2.70 bits per heavy atom. The van der Waals surface area contributed by atoms with E-state index in [1.165, 1.54) is 12.6 Å². The van der Waals surface area contributed by atoms with Gasteiger partial charge in [-0.2, -0.15) is 0 Å². The predicted octanol–water partition coefficient (Wildman–Crippen LogP) is 3.15. The summed E-state index contributed by atoms with van der Waals surface area (Å²) in [4.78, 5) is 19.2. The van der Waals surface area contributed by atoms with Crippen LogP contribution in [0, 0.1) is 0 Å². The molecule has 0 bridgehead atoms. The summed E-state index contributed by atoms with van der Waals surface area (Å²) in [6.07, 6.45) is 5.75. The quantitative estimate of drug-likeness (QED) is 0.867. The van der Waals surface area contributed by atoms with Gasteiger partial charge in [-0.1, -0.05) is 24.9 Å². The van der Waals surface area contributed by atoms with Crippen molar-refractivity contribution in [3.8, 4) is 0 Å². The van der Waals surface area contributed by atoms with Gasteiger partial charge >= 0.3 is 0 Å². The van der Waals surface area contributed by atoms with Crippen molar-refractivity contribution in [3.05, 3.63) is 22.8 Å². The number of hydrogen-bond donors (Lipinski definition) is 1.